The maximum absolute atomic E-state index is 5.97. The van der Waals surface area contributed by atoms with Crippen LogP contribution in [0.1, 0.15) is 39.2 Å². The number of rotatable bonds is 6. The van der Waals surface area contributed by atoms with Crippen molar-refractivity contribution in [2.45, 2.75) is 55.5 Å². The van der Waals surface area contributed by atoms with Gasteiger partial charge in [-0.2, -0.15) is 0 Å². The van der Waals surface area contributed by atoms with Gasteiger partial charge in [-0.05, 0) is 39.2 Å². The van der Waals surface area contributed by atoms with E-state index < -0.39 is 5.79 Å². The molecule has 0 atom stereocenters. The SMILES string of the molecule is CC1(C)OCC(C)(SC2(COCc3ccccc3)CC2)CO1. The minimum atomic E-state index is -0.444. The van der Waals surface area contributed by atoms with E-state index in [-0.39, 0.29) is 9.49 Å². The second kappa shape index (κ2) is 6.16. The number of thioether (sulfide) groups is 1. The van der Waals surface area contributed by atoms with Crippen LogP contribution in [-0.4, -0.2) is 35.1 Å². The zero-order chi connectivity index (χ0) is 15.7. The summed E-state index contributed by atoms with van der Waals surface area (Å²) in [6.07, 6.45) is 2.46. The van der Waals surface area contributed by atoms with Crippen molar-refractivity contribution in [3.05, 3.63) is 35.9 Å². The monoisotopic (exact) mass is 322 g/mol. The predicted octanol–water partition coefficient (Wildman–Crippen LogP) is 4.01. The van der Waals surface area contributed by atoms with Gasteiger partial charge in [0.25, 0.3) is 0 Å². The zero-order valence-electron chi connectivity index (χ0n) is 13.8. The molecule has 1 saturated heterocycles. The predicted molar refractivity (Wildman–Crippen MR) is 90.0 cm³/mol. The molecule has 0 amide bonds. The Hall–Kier alpha value is -0.550. The first-order chi connectivity index (χ1) is 10.4. The second-order valence-corrected chi connectivity index (χ2v) is 9.25. The Labute approximate surface area is 137 Å². The van der Waals surface area contributed by atoms with Crippen molar-refractivity contribution in [3.8, 4) is 0 Å². The summed E-state index contributed by atoms with van der Waals surface area (Å²) < 4.78 is 18.0. The molecule has 0 bridgehead atoms. The van der Waals surface area contributed by atoms with Crippen LogP contribution < -0.4 is 0 Å². The van der Waals surface area contributed by atoms with Crippen LogP contribution in [0.15, 0.2) is 30.3 Å². The molecule has 0 N–H and O–H groups in total. The topological polar surface area (TPSA) is 27.7 Å². The van der Waals surface area contributed by atoms with E-state index in [1.165, 1.54) is 18.4 Å². The number of ether oxygens (including phenoxy) is 3. The van der Waals surface area contributed by atoms with Gasteiger partial charge in [0, 0.05) is 4.75 Å². The fourth-order valence-electron chi connectivity index (χ4n) is 2.66. The largest absolute Gasteiger partial charge is 0.375 e. The molecular weight excluding hydrogens is 296 g/mol. The second-order valence-electron chi connectivity index (χ2n) is 7.19. The highest BCUT2D eigenvalue weighted by Gasteiger charge is 2.50. The van der Waals surface area contributed by atoms with Gasteiger partial charge >= 0.3 is 0 Å². The molecule has 0 radical (unpaired) electrons. The van der Waals surface area contributed by atoms with Crippen LogP contribution in [0.25, 0.3) is 0 Å². The minimum absolute atomic E-state index is 0.0299. The van der Waals surface area contributed by atoms with Crippen LogP contribution in [0, 0.1) is 0 Å². The van der Waals surface area contributed by atoms with E-state index >= 15 is 0 Å². The molecule has 2 fully saturated rings. The van der Waals surface area contributed by atoms with Gasteiger partial charge in [-0.1, -0.05) is 30.3 Å². The van der Waals surface area contributed by atoms with Crippen LogP contribution in [0.5, 0.6) is 0 Å². The lowest BCUT2D eigenvalue weighted by molar-refractivity contribution is -0.253. The van der Waals surface area contributed by atoms with E-state index in [2.05, 4.69) is 31.2 Å². The van der Waals surface area contributed by atoms with Crippen molar-refractivity contribution in [2.24, 2.45) is 0 Å². The lowest BCUT2D eigenvalue weighted by atomic mass is 10.1. The average molecular weight is 322 g/mol. The first-order valence-corrected chi connectivity index (χ1v) is 8.82. The lowest BCUT2D eigenvalue weighted by Crippen LogP contribution is -2.48. The van der Waals surface area contributed by atoms with E-state index in [1.54, 1.807) is 0 Å². The third-order valence-electron chi connectivity index (χ3n) is 4.20. The Morgan fingerprint density at radius 1 is 1.05 bits per heavy atom. The van der Waals surface area contributed by atoms with Gasteiger partial charge in [-0.15, -0.1) is 11.8 Å². The van der Waals surface area contributed by atoms with E-state index in [1.807, 2.05) is 31.7 Å². The van der Waals surface area contributed by atoms with Gasteiger partial charge < -0.3 is 14.2 Å². The Bertz CT molecular complexity index is 486. The molecule has 1 saturated carbocycles. The maximum atomic E-state index is 5.97. The zero-order valence-corrected chi connectivity index (χ0v) is 14.6. The van der Waals surface area contributed by atoms with Crippen molar-refractivity contribution < 1.29 is 14.2 Å². The standard InChI is InChI=1S/C18H26O3S/c1-16(2)20-12-17(3,13-21-16)22-18(9-10-18)14-19-11-15-7-5-4-6-8-15/h4-8H,9-14H2,1-3H3. The van der Waals surface area contributed by atoms with Crippen LogP contribution >= 0.6 is 11.8 Å². The molecule has 0 aromatic heterocycles. The van der Waals surface area contributed by atoms with Gasteiger partial charge in [0.05, 0.1) is 31.2 Å². The Balaban J connectivity index is 1.48. The van der Waals surface area contributed by atoms with Crippen molar-refractivity contribution in [1.82, 2.24) is 0 Å². The molecule has 1 heterocycles. The Morgan fingerprint density at radius 2 is 1.68 bits per heavy atom. The third-order valence-corrected chi connectivity index (χ3v) is 5.89. The van der Waals surface area contributed by atoms with Gasteiger partial charge in [-0.3, -0.25) is 0 Å². The maximum Gasteiger partial charge on any atom is 0.162 e. The highest BCUT2D eigenvalue weighted by Crippen LogP contribution is 2.54. The number of benzene rings is 1. The van der Waals surface area contributed by atoms with Gasteiger partial charge in [0.2, 0.25) is 0 Å². The molecule has 1 aliphatic heterocycles. The molecular formula is C18H26O3S. The molecule has 3 rings (SSSR count). The summed E-state index contributed by atoms with van der Waals surface area (Å²) in [6, 6.07) is 10.4. The van der Waals surface area contributed by atoms with Crippen molar-refractivity contribution in [3.63, 3.8) is 0 Å². The van der Waals surface area contributed by atoms with Gasteiger partial charge in [0.15, 0.2) is 5.79 Å². The average Bonchev–Trinajstić information content (AvgIpc) is 3.24. The fourth-order valence-corrected chi connectivity index (χ4v) is 4.39. The molecule has 1 aliphatic carbocycles. The number of hydrogen-bond acceptors (Lipinski definition) is 4. The normalized spacial score (nSPS) is 24.9. The van der Waals surface area contributed by atoms with Crippen LogP contribution in [0.2, 0.25) is 0 Å². The van der Waals surface area contributed by atoms with Crippen molar-refractivity contribution in [2.75, 3.05) is 19.8 Å². The van der Waals surface area contributed by atoms with Crippen LogP contribution in [-0.2, 0) is 20.8 Å². The third kappa shape index (κ3) is 4.25. The van der Waals surface area contributed by atoms with Crippen LogP contribution in [0.3, 0.4) is 0 Å². The Kier molecular flexibility index (Phi) is 4.56. The Morgan fingerprint density at radius 3 is 2.27 bits per heavy atom. The van der Waals surface area contributed by atoms with E-state index in [0.717, 1.165) is 19.8 Å². The van der Waals surface area contributed by atoms with Gasteiger partial charge in [0.1, 0.15) is 0 Å². The summed E-state index contributed by atoms with van der Waals surface area (Å²) in [6.45, 7) is 9.19. The quantitative estimate of drug-likeness (QED) is 0.791. The minimum Gasteiger partial charge on any atom is -0.375 e. The molecule has 2 aliphatic rings. The first kappa shape index (κ1) is 16.3. The van der Waals surface area contributed by atoms with Gasteiger partial charge in [-0.25, -0.2) is 0 Å². The summed E-state index contributed by atoms with van der Waals surface area (Å²) in [5, 5.41) is 0. The summed E-state index contributed by atoms with van der Waals surface area (Å²) in [4.78, 5) is 0. The fraction of sp³-hybridized carbons (Fsp3) is 0.667. The summed E-state index contributed by atoms with van der Waals surface area (Å²) in [5.41, 5.74) is 1.24. The van der Waals surface area contributed by atoms with Crippen molar-refractivity contribution in [1.29, 1.82) is 0 Å². The highest BCUT2D eigenvalue weighted by atomic mass is 32.2. The van der Waals surface area contributed by atoms with E-state index in [4.69, 9.17) is 14.2 Å². The molecule has 0 unspecified atom stereocenters. The molecule has 0 spiro atoms. The molecule has 22 heavy (non-hydrogen) atoms. The molecule has 3 nitrogen and oxygen atoms in total. The highest BCUT2D eigenvalue weighted by molar-refractivity contribution is 8.02. The molecule has 1 aromatic rings. The van der Waals surface area contributed by atoms with E-state index in [0.29, 0.717) is 6.61 Å². The smallest absolute Gasteiger partial charge is 0.162 e. The molecule has 122 valence electrons. The molecule has 1 aromatic carbocycles. The van der Waals surface area contributed by atoms with E-state index in [9.17, 15) is 0 Å². The molecule has 4 heteroatoms. The summed E-state index contributed by atoms with van der Waals surface area (Å²) >= 11 is 2.00. The lowest BCUT2D eigenvalue weighted by Gasteiger charge is -2.42. The van der Waals surface area contributed by atoms with Crippen molar-refractivity contribution >= 4 is 11.8 Å². The summed E-state index contributed by atoms with van der Waals surface area (Å²) in [7, 11) is 0. The summed E-state index contributed by atoms with van der Waals surface area (Å²) in [5.74, 6) is -0.444. The first-order valence-electron chi connectivity index (χ1n) is 8.00. The van der Waals surface area contributed by atoms with Crippen LogP contribution in [0.4, 0.5) is 0 Å². The number of hydrogen-bond donors (Lipinski definition) is 0.